The molecule has 1 aliphatic heterocycles. The maximum Gasteiger partial charge on any atom is 0.249 e. The van der Waals surface area contributed by atoms with Gasteiger partial charge in [0, 0.05) is 22.1 Å². The van der Waals surface area contributed by atoms with E-state index in [0.717, 1.165) is 23.0 Å². The van der Waals surface area contributed by atoms with Crippen LogP contribution in [-0.2, 0) is 11.2 Å². The maximum atomic E-state index is 13.1. The fourth-order valence-corrected chi connectivity index (χ4v) is 3.69. The summed E-state index contributed by atoms with van der Waals surface area (Å²) in [7, 11) is 0. The Balaban J connectivity index is 1.61. The number of aromatic nitrogens is 2. The molecule has 5 nitrogen and oxygen atoms in total. The molecule has 132 valence electrons. The highest BCUT2D eigenvalue weighted by molar-refractivity contribution is 6.31. The summed E-state index contributed by atoms with van der Waals surface area (Å²) in [5.41, 5.74) is 2.95. The molecule has 2 aromatic carbocycles. The third kappa shape index (κ3) is 2.88. The Morgan fingerprint density at radius 3 is 2.92 bits per heavy atom. The Hall–Kier alpha value is -2.66. The lowest BCUT2D eigenvalue weighted by Crippen LogP contribution is -2.44. The molecule has 0 bridgehead atoms. The number of halogens is 1. The van der Waals surface area contributed by atoms with Gasteiger partial charge in [-0.2, -0.15) is 0 Å². The topological polar surface area (TPSA) is 58.1 Å². The second-order valence-electron chi connectivity index (χ2n) is 6.64. The molecule has 1 aliphatic rings. The monoisotopic (exact) mass is 366 g/mol. The summed E-state index contributed by atoms with van der Waals surface area (Å²) in [5, 5.41) is 4.71. The quantitative estimate of drug-likeness (QED) is 0.759. The van der Waals surface area contributed by atoms with Crippen molar-refractivity contribution in [2.75, 3.05) is 10.2 Å². The number of para-hydroxylation sites is 1. The number of nitrogens with one attached hydrogen (secondary N) is 1. The second-order valence-corrected chi connectivity index (χ2v) is 7.08. The first-order valence-corrected chi connectivity index (χ1v) is 9.00. The number of carbonyl (C=O) groups is 1. The van der Waals surface area contributed by atoms with Crippen LogP contribution < -0.4 is 10.2 Å². The molecular formula is C20H19ClN4O. The van der Waals surface area contributed by atoms with Crippen molar-refractivity contribution in [1.82, 2.24) is 9.97 Å². The number of nitrogens with zero attached hydrogens (tertiary/aromatic N) is 3. The molecule has 0 spiro atoms. The summed E-state index contributed by atoms with van der Waals surface area (Å²) in [6, 6.07) is 13.2. The van der Waals surface area contributed by atoms with Crippen LogP contribution in [0, 0.1) is 0 Å². The number of anilines is 2. The molecule has 26 heavy (non-hydrogen) atoms. The molecule has 1 aromatic heterocycles. The Kier molecular flexibility index (Phi) is 4.24. The highest BCUT2D eigenvalue weighted by Gasteiger charge is 2.33. The summed E-state index contributed by atoms with van der Waals surface area (Å²) in [6.45, 7) is 3.94. The third-order valence-corrected chi connectivity index (χ3v) is 5.00. The van der Waals surface area contributed by atoms with Gasteiger partial charge in [0.25, 0.3) is 0 Å². The summed E-state index contributed by atoms with van der Waals surface area (Å²) >= 11 is 6.04. The zero-order valence-corrected chi connectivity index (χ0v) is 15.4. The number of hydrogen-bond acceptors (Lipinski definition) is 4. The highest BCUT2D eigenvalue weighted by atomic mass is 35.5. The van der Waals surface area contributed by atoms with Crippen LogP contribution in [0.2, 0.25) is 5.02 Å². The first kappa shape index (κ1) is 16.8. The average molecular weight is 367 g/mol. The minimum Gasteiger partial charge on any atom is -0.358 e. The summed E-state index contributed by atoms with van der Waals surface area (Å²) in [5.74, 6) is 0.663. The summed E-state index contributed by atoms with van der Waals surface area (Å²) in [4.78, 5) is 23.6. The van der Waals surface area contributed by atoms with Crippen LogP contribution in [0.3, 0.4) is 0 Å². The number of fused-ring (bicyclic) bond motifs is 2. The fraction of sp³-hybridized carbons (Fsp3) is 0.250. The van der Waals surface area contributed by atoms with Crippen LogP contribution >= 0.6 is 11.6 Å². The van der Waals surface area contributed by atoms with E-state index in [1.54, 1.807) is 12.1 Å². The van der Waals surface area contributed by atoms with Crippen molar-refractivity contribution in [2.24, 2.45) is 0 Å². The van der Waals surface area contributed by atoms with E-state index >= 15 is 0 Å². The van der Waals surface area contributed by atoms with Gasteiger partial charge in [-0.15, -0.1) is 0 Å². The van der Waals surface area contributed by atoms with Crippen molar-refractivity contribution in [3.05, 3.63) is 59.4 Å². The van der Waals surface area contributed by atoms with Gasteiger partial charge in [-0.05, 0) is 50.1 Å². The largest absolute Gasteiger partial charge is 0.358 e. The molecule has 3 aromatic rings. The SMILES string of the molecule is C[C@@H](Nc1ncnc2cc(Cl)ccc12)C(=O)N1c2ccccc2C[C@@H]1C. The van der Waals surface area contributed by atoms with E-state index in [1.165, 1.54) is 11.9 Å². The van der Waals surface area contributed by atoms with Crippen molar-refractivity contribution >= 4 is 39.9 Å². The van der Waals surface area contributed by atoms with E-state index in [1.807, 2.05) is 36.1 Å². The predicted octanol–water partition coefficient (Wildman–Crippen LogP) is 4.06. The molecule has 0 aliphatic carbocycles. The van der Waals surface area contributed by atoms with Crippen molar-refractivity contribution in [2.45, 2.75) is 32.4 Å². The molecule has 0 saturated carbocycles. The molecule has 2 heterocycles. The number of amides is 1. The first-order chi connectivity index (χ1) is 12.5. The molecule has 1 amide bonds. The average Bonchev–Trinajstić information content (AvgIpc) is 2.96. The Morgan fingerprint density at radius 1 is 1.27 bits per heavy atom. The van der Waals surface area contributed by atoms with Gasteiger partial charge in [-0.25, -0.2) is 9.97 Å². The molecule has 1 N–H and O–H groups in total. The van der Waals surface area contributed by atoms with E-state index in [2.05, 4.69) is 28.3 Å². The van der Waals surface area contributed by atoms with Gasteiger partial charge in [0.15, 0.2) is 0 Å². The Labute approximate surface area is 157 Å². The van der Waals surface area contributed by atoms with Gasteiger partial charge < -0.3 is 10.2 Å². The Bertz CT molecular complexity index is 990. The normalized spacial score (nSPS) is 17.2. The van der Waals surface area contributed by atoms with E-state index in [-0.39, 0.29) is 11.9 Å². The van der Waals surface area contributed by atoms with Crippen molar-refractivity contribution in [3.63, 3.8) is 0 Å². The highest BCUT2D eigenvalue weighted by Crippen LogP contribution is 2.32. The number of hydrogen-bond donors (Lipinski definition) is 1. The zero-order valence-electron chi connectivity index (χ0n) is 14.6. The third-order valence-electron chi connectivity index (χ3n) is 4.77. The predicted molar refractivity (Wildman–Crippen MR) is 105 cm³/mol. The van der Waals surface area contributed by atoms with Gasteiger partial charge in [-0.1, -0.05) is 29.8 Å². The molecule has 2 atom stereocenters. The molecule has 0 unspecified atom stereocenters. The number of benzene rings is 2. The Morgan fingerprint density at radius 2 is 2.08 bits per heavy atom. The van der Waals surface area contributed by atoms with Gasteiger partial charge in [0.05, 0.1) is 5.52 Å². The summed E-state index contributed by atoms with van der Waals surface area (Å²) in [6.07, 6.45) is 2.36. The molecule has 0 radical (unpaired) electrons. The molecule has 6 heteroatoms. The zero-order chi connectivity index (χ0) is 18.3. The number of rotatable bonds is 3. The van der Waals surface area contributed by atoms with E-state index in [9.17, 15) is 4.79 Å². The number of carbonyl (C=O) groups excluding carboxylic acids is 1. The van der Waals surface area contributed by atoms with Crippen LogP contribution in [-0.4, -0.2) is 28.0 Å². The standard InChI is InChI=1S/C20H19ClN4O/c1-12-9-14-5-3-4-6-18(14)25(12)20(26)13(2)24-19-16-8-7-15(21)10-17(16)22-11-23-19/h3-8,10-13H,9H2,1-2H3,(H,22,23,24)/t12-,13+/m0/s1. The fourth-order valence-electron chi connectivity index (χ4n) is 3.52. The smallest absolute Gasteiger partial charge is 0.249 e. The van der Waals surface area contributed by atoms with Crippen molar-refractivity contribution < 1.29 is 4.79 Å². The lowest BCUT2D eigenvalue weighted by Gasteiger charge is -2.27. The van der Waals surface area contributed by atoms with Gasteiger partial charge in [-0.3, -0.25) is 4.79 Å². The van der Waals surface area contributed by atoms with Crippen LogP contribution in [0.4, 0.5) is 11.5 Å². The van der Waals surface area contributed by atoms with Crippen molar-refractivity contribution in [1.29, 1.82) is 0 Å². The maximum absolute atomic E-state index is 13.1. The second kappa shape index (κ2) is 6.57. The lowest BCUT2D eigenvalue weighted by atomic mass is 10.1. The molecule has 4 rings (SSSR count). The van der Waals surface area contributed by atoms with Gasteiger partial charge in [0.1, 0.15) is 18.2 Å². The molecular weight excluding hydrogens is 348 g/mol. The molecule has 0 fully saturated rings. The molecule has 0 saturated heterocycles. The van der Waals surface area contributed by atoms with E-state index < -0.39 is 6.04 Å². The van der Waals surface area contributed by atoms with Gasteiger partial charge in [0.2, 0.25) is 5.91 Å². The summed E-state index contributed by atoms with van der Waals surface area (Å²) < 4.78 is 0. The minimum absolute atomic E-state index is 0.0307. The van der Waals surface area contributed by atoms with E-state index in [4.69, 9.17) is 11.6 Å². The van der Waals surface area contributed by atoms with Crippen LogP contribution in [0.5, 0.6) is 0 Å². The van der Waals surface area contributed by atoms with Crippen LogP contribution in [0.15, 0.2) is 48.8 Å². The minimum atomic E-state index is -0.419. The lowest BCUT2D eigenvalue weighted by molar-refractivity contribution is -0.119. The van der Waals surface area contributed by atoms with Crippen LogP contribution in [0.25, 0.3) is 10.9 Å². The van der Waals surface area contributed by atoms with Crippen molar-refractivity contribution in [3.8, 4) is 0 Å². The van der Waals surface area contributed by atoms with E-state index in [0.29, 0.717) is 10.8 Å². The first-order valence-electron chi connectivity index (χ1n) is 8.62. The van der Waals surface area contributed by atoms with Gasteiger partial charge >= 0.3 is 0 Å². The van der Waals surface area contributed by atoms with Crippen LogP contribution in [0.1, 0.15) is 19.4 Å².